The van der Waals surface area contributed by atoms with Gasteiger partial charge in [-0.3, -0.25) is 4.98 Å². The molecule has 1 unspecified atom stereocenters. The molecule has 1 aliphatic rings. The smallest absolute Gasteiger partial charge is 0.146 e. The average Bonchev–Trinajstić information content (AvgIpc) is 2.45. The first-order valence-electron chi connectivity index (χ1n) is 7.85. The molecule has 1 aromatic heterocycles. The van der Waals surface area contributed by atoms with E-state index >= 15 is 0 Å². The van der Waals surface area contributed by atoms with Crippen LogP contribution >= 0.6 is 0 Å². The Balaban J connectivity index is 2.34. The van der Waals surface area contributed by atoms with Crippen molar-refractivity contribution in [3.05, 3.63) is 29.8 Å². The van der Waals surface area contributed by atoms with Gasteiger partial charge < -0.3 is 10.1 Å². The first kappa shape index (κ1) is 16.4. The quantitative estimate of drug-likeness (QED) is 0.895. The second-order valence-electron chi connectivity index (χ2n) is 6.78. The second-order valence-corrected chi connectivity index (χ2v) is 6.78. The lowest BCUT2D eigenvalue weighted by atomic mass is 9.67. The van der Waals surface area contributed by atoms with E-state index in [1.54, 1.807) is 12.3 Å². The Hall–Kier alpha value is -1.00. The van der Waals surface area contributed by atoms with Crippen molar-refractivity contribution in [1.29, 1.82) is 0 Å². The molecule has 0 bridgehead atoms. The summed E-state index contributed by atoms with van der Waals surface area (Å²) >= 11 is 0. The molecule has 0 amide bonds. The van der Waals surface area contributed by atoms with Crippen molar-refractivity contribution in [1.82, 2.24) is 10.3 Å². The van der Waals surface area contributed by atoms with Crippen LogP contribution in [0.15, 0.2) is 18.5 Å². The van der Waals surface area contributed by atoms with Crippen molar-refractivity contribution in [3.63, 3.8) is 0 Å². The SMILES string of the molecule is CCOC1(C(NC)c2ccncc2F)CCC(C)(C)CC1. The molecule has 118 valence electrons. The maximum Gasteiger partial charge on any atom is 0.146 e. The van der Waals surface area contributed by atoms with Crippen LogP contribution in [0.25, 0.3) is 0 Å². The van der Waals surface area contributed by atoms with E-state index in [0.717, 1.165) is 25.7 Å². The summed E-state index contributed by atoms with van der Waals surface area (Å²) in [6.07, 6.45) is 7.01. The molecular formula is C17H27FN2O. The van der Waals surface area contributed by atoms with Gasteiger partial charge in [0.15, 0.2) is 0 Å². The molecule has 1 N–H and O–H groups in total. The van der Waals surface area contributed by atoms with Crippen LogP contribution in [-0.4, -0.2) is 24.2 Å². The first-order chi connectivity index (χ1) is 9.94. The number of halogens is 1. The summed E-state index contributed by atoms with van der Waals surface area (Å²) in [5.41, 5.74) is 0.664. The Morgan fingerprint density at radius 3 is 2.52 bits per heavy atom. The molecule has 0 aromatic carbocycles. The fourth-order valence-electron chi connectivity index (χ4n) is 3.48. The van der Waals surface area contributed by atoms with Crippen molar-refractivity contribution >= 4 is 0 Å². The molecule has 1 saturated carbocycles. The van der Waals surface area contributed by atoms with Gasteiger partial charge in [0, 0.05) is 18.4 Å². The van der Waals surface area contributed by atoms with E-state index < -0.39 is 0 Å². The van der Waals surface area contributed by atoms with Gasteiger partial charge in [-0.2, -0.15) is 0 Å². The Bertz CT molecular complexity index is 466. The number of ether oxygens (including phenoxy) is 1. The zero-order valence-electron chi connectivity index (χ0n) is 13.6. The van der Waals surface area contributed by atoms with Gasteiger partial charge in [-0.15, -0.1) is 0 Å². The molecule has 0 spiro atoms. The van der Waals surface area contributed by atoms with Gasteiger partial charge in [0.05, 0.1) is 17.8 Å². The predicted octanol–water partition coefficient (Wildman–Crippen LogP) is 3.86. The Kier molecular flexibility index (Phi) is 4.99. The molecule has 1 heterocycles. The van der Waals surface area contributed by atoms with E-state index in [2.05, 4.69) is 24.1 Å². The predicted molar refractivity (Wildman–Crippen MR) is 82.6 cm³/mol. The topological polar surface area (TPSA) is 34.1 Å². The van der Waals surface area contributed by atoms with E-state index in [-0.39, 0.29) is 17.5 Å². The number of aromatic nitrogens is 1. The van der Waals surface area contributed by atoms with Crippen LogP contribution in [-0.2, 0) is 4.74 Å². The zero-order valence-corrected chi connectivity index (χ0v) is 13.6. The summed E-state index contributed by atoms with van der Waals surface area (Å²) in [4.78, 5) is 3.85. The lowest BCUT2D eigenvalue weighted by Gasteiger charge is -2.47. The molecule has 21 heavy (non-hydrogen) atoms. The highest BCUT2D eigenvalue weighted by Crippen LogP contribution is 2.47. The van der Waals surface area contributed by atoms with Gasteiger partial charge >= 0.3 is 0 Å². The van der Waals surface area contributed by atoms with Crippen molar-refractivity contribution in [2.45, 2.75) is 58.1 Å². The summed E-state index contributed by atoms with van der Waals surface area (Å²) < 4.78 is 20.4. The van der Waals surface area contributed by atoms with Gasteiger partial charge in [0.1, 0.15) is 5.82 Å². The molecule has 0 saturated heterocycles. The summed E-state index contributed by atoms with van der Waals surface area (Å²) in [6.45, 7) is 7.25. The number of hydrogen-bond donors (Lipinski definition) is 1. The van der Waals surface area contributed by atoms with Crippen LogP contribution in [0.3, 0.4) is 0 Å². The highest BCUT2D eigenvalue weighted by Gasteiger charge is 2.45. The summed E-state index contributed by atoms with van der Waals surface area (Å²) in [5, 5.41) is 3.29. The van der Waals surface area contributed by atoms with Crippen LogP contribution in [0, 0.1) is 11.2 Å². The maximum atomic E-state index is 14.2. The number of nitrogens with zero attached hydrogens (tertiary/aromatic N) is 1. The summed E-state index contributed by atoms with van der Waals surface area (Å²) in [6, 6.07) is 1.62. The van der Waals surface area contributed by atoms with Crippen molar-refractivity contribution in [2.75, 3.05) is 13.7 Å². The Morgan fingerprint density at radius 1 is 1.33 bits per heavy atom. The molecule has 2 rings (SSSR count). The van der Waals surface area contributed by atoms with E-state index in [9.17, 15) is 4.39 Å². The largest absolute Gasteiger partial charge is 0.373 e. The normalized spacial score (nSPS) is 22.0. The van der Waals surface area contributed by atoms with E-state index in [0.29, 0.717) is 17.6 Å². The lowest BCUT2D eigenvalue weighted by Crippen LogP contribution is -2.49. The van der Waals surface area contributed by atoms with E-state index in [1.165, 1.54) is 6.20 Å². The van der Waals surface area contributed by atoms with E-state index in [1.807, 2.05) is 14.0 Å². The van der Waals surface area contributed by atoms with Crippen LogP contribution in [0.1, 0.15) is 58.1 Å². The Morgan fingerprint density at radius 2 is 2.00 bits per heavy atom. The van der Waals surface area contributed by atoms with Crippen LogP contribution in [0.4, 0.5) is 4.39 Å². The van der Waals surface area contributed by atoms with Crippen molar-refractivity contribution < 1.29 is 9.13 Å². The van der Waals surface area contributed by atoms with Crippen molar-refractivity contribution in [3.8, 4) is 0 Å². The van der Waals surface area contributed by atoms with E-state index in [4.69, 9.17) is 4.74 Å². The van der Waals surface area contributed by atoms with Gasteiger partial charge in [-0.25, -0.2) is 4.39 Å². The highest BCUT2D eigenvalue weighted by atomic mass is 19.1. The fraction of sp³-hybridized carbons (Fsp3) is 0.706. The van der Waals surface area contributed by atoms with Gasteiger partial charge in [0.2, 0.25) is 0 Å². The molecule has 0 radical (unpaired) electrons. The third-order valence-electron chi connectivity index (χ3n) is 4.81. The highest BCUT2D eigenvalue weighted by molar-refractivity contribution is 5.22. The molecular weight excluding hydrogens is 267 g/mol. The van der Waals surface area contributed by atoms with Crippen LogP contribution in [0.5, 0.6) is 0 Å². The average molecular weight is 294 g/mol. The third-order valence-corrected chi connectivity index (χ3v) is 4.81. The van der Waals surface area contributed by atoms with Crippen molar-refractivity contribution in [2.24, 2.45) is 5.41 Å². The number of hydrogen-bond acceptors (Lipinski definition) is 3. The van der Waals surface area contributed by atoms with Gasteiger partial charge in [-0.1, -0.05) is 13.8 Å². The molecule has 1 aromatic rings. The fourth-order valence-corrected chi connectivity index (χ4v) is 3.48. The van der Waals surface area contributed by atoms with Crippen LogP contribution in [0.2, 0.25) is 0 Å². The monoisotopic (exact) mass is 294 g/mol. The standard InChI is InChI=1S/C17H27FN2O/c1-5-21-17(9-7-16(2,3)8-10-17)15(19-4)13-6-11-20-12-14(13)18/h6,11-12,15,19H,5,7-10H2,1-4H3. The molecule has 0 aliphatic heterocycles. The summed E-state index contributed by atoms with van der Waals surface area (Å²) in [7, 11) is 1.88. The number of nitrogens with one attached hydrogen (secondary N) is 1. The van der Waals surface area contributed by atoms with Gasteiger partial charge in [-0.05, 0) is 51.1 Å². The minimum atomic E-state index is -0.332. The zero-order chi connectivity index (χ0) is 15.5. The molecule has 4 heteroatoms. The Labute approximate surface area is 127 Å². The minimum Gasteiger partial charge on any atom is -0.373 e. The third kappa shape index (κ3) is 3.43. The summed E-state index contributed by atoms with van der Waals surface area (Å²) in [5.74, 6) is -0.263. The number of rotatable bonds is 5. The van der Waals surface area contributed by atoms with Gasteiger partial charge in [0.25, 0.3) is 0 Å². The maximum absolute atomic E-state index is 14.2. The molecule has 3 nitrogen and oxygen atoms in total. The number of likely N-dealkylation sites (N-methyl/N-ethyl adjacent to an activating group) is 1. The van der Waals surface area contributed by atoms with Crippen LogP contribution < -0.4 is 5.32 Å². The lowest BCUT2D eigenvalue weighted by molar-refractivity contribution is -0.107. The second kappa shape index (κ2) is 6.41. The molecule has 1 atom stereocenters. The molecule has 1 fully saturated rings. The first-order valence-corrected chi connectivity index (χ1v) is 7.85. The molecule has 1 aliphatic carbocycles. The minimum absolute atomic E-state index is 0.142. The number of pyridine rings is 1.